The number of halogens is 1. The standard InChI is InChI=1S/C24H29N3O2S.ClH/c1-18(2)19-8-5-6-11-22(19)26-30(28,29)24-13-12-23(20-9-3-4-10-21(20)24)27-16-7-14-25-15-17-27;/h3-6,8-13,18,25-26H,7,14-17H2,1-2H3;1H. The predicted octanol–water partition coefficient (Wildman–Crippen LogP) is 4.99. The molecule has 7 heteroatoms. The summed E-state index contributed by atoms with van der Waals surface area (Å²) in [5.74, 6) is 0.222. The summed E-state index contributed by atoms with van der Waals surface area (Å²) in [4.78, 5) is 2.66. The normalized spacial score (nSPS) is 14.9. The summed E-state index contributed by atoms with van der Waals surface area (Å²) >= 11 is 0. The zero-order valence-corrected chi connectivity index (χ0v) is 19.6. The fourth-order valence-corrected chi connectivity index (χ4v) is 5.45. The van der Waals surface area contributed by atoms with Crippen LogP contribution in [0, 0.1) is 0 Å². The van der Waals surface area contributed by atoms with Gasteiger partial charge in [0.15, 0.2) is 0 Å². The lowest BCUT2D eigenvalue weighted by Crippen LogP contribution is -2.28. The first kappa shape index (κ1) is 23.4. The van der Waals surface area contributed by atoms with E-state index in [1.807, 2.05) is 54.6 Å². The van der Waals surface area contributed by atoms with Gasteiger partial charge in [-0.2, -0.15) is 0 Å². The van der Waals surface area contributed by atoms with Gasteiger partial charge in [0.2, 0.25) is 0 Å². The van der Waals surface area contributed by atoms with Crippen molar-refractivity contribution in [3.8, 4) is 0 Å². The Bertz CT molecular complexity index is 1140. The Morgan fingerprint density at radius 3 is 2.39 bits per heavy atom. The van der Waals surface area contributed by atoms with E-state index < -0.39 is 10.0 Å². The molecule has 0 amide bonds. The number of hydrogen-bond donors (Lipinski definition) is 2. The maximum Gasteiger partial charge on any atom is 0.262 e. The Morgan fingerprint density at radius 1 is 0.903 bits per heavy atom. The lowest BCUT2D eigenvalue weighted by molar-refractivity contribution is 0.602. The van der Waals surface area contributed by atoms with Gasteiger partial charge in [0, 0.05) is 36.1 Å². The lowest BCUT2D eigenvalue weighted by Gasteiger charge is -2.25. The quantitative estimate of drug-likeness (QED) is 0.564. The molecule has 2 N–H and O–H groups in total. The molecule has 5 nitrogen and oxygen atoms in total. The topological polar surface area (TPSA) is 61.4 Å². The molecule has 1 aliphatic heterocycles. The van der Waals surface area contributed by atoms with E-state index in [9.17, 15) is 8.42 Å². The van der Waals surface area contributed by atoms with Gasteiger partial charge in [-0.3, -0.25) is 4.72 Å². The molecule has 166 valence electrons. The van der Waals surface area contributed by atoms with Crippen LogP contribution in [-0.4, -0.2) is 34.6 Å². The number of hydrogen-bond acceptors (Lipinski definition) is 4. The van der Waals surface area contributed by atoms with Crippen molar-refractivity contribution in [3.63, 3.8) is 0 Å². The van der Waals surface area contributed by atoms with E-state index in [0.717, 1.165) is 54.6 Å². The lowest BCUT2D eigenvalue weighted by atomic mass is 10.0. The Morgan fingerprint density at radius 2 is 1.61 bits per heavy atom. The summed E-state index contributed by atoms with van der Waals surface area (Å²) in [6, 6.07) is 19.1. The van der Waals surface area contributed by atoms with Crippen molar-refractivity contribution in [3.05, 3.63) is 66.2 Å². The summed E-state index contributed by atoms with van der Waals surface area (Å²) in [6.07, 6.45) is 1.07. The third kappa shape index (κ3) is 4.97. The van der Waals surface area contributed by atoms with Gasteiger partial charge in [-0.05, 0) is 42.6 Å². The molecule has 1 aliphatic rings. The number of nitrogens with zero attached hydrogens (tertiary/aromatic N) is 1. The summed E-state index contributed by atoms with van der Waals surface area (Å²) in [5, 5.41) is 5.15. The van der Waals surface area contributed by atoms with Gasteiger partial charge in [0.1, 0.15) is 0 Å². The molecule has 0 spiro atoms. The number of nitrogens with one attached hydrogen (secondary N) is 2. The van der Waals surface area contributed by atoms with Gasteiger partial charge in [-0.1, -0.05) is 56.3 Å². The number of fused-ring (bicyclic) bond motifs is 1. The first-order chi connectivity index (χ1) is 14.5. The van der Waals surface area contributed by atoms with Gasteiger partial charge < -0.3 is 10.2 Å². The maximum atomic E-state index is 13.4. The molecule has 0 atom stereocenters. The monoisotopic (exact) mass is 459 g/mol. The second-order valence-electron chi connectivity index (χ2n) is 8.07. The Labute approximate surface area is 191 Å². The predicted molar refractivity (Wildman–Crippen MR) is 132 cm³/mol. The minimum Gasteiger partial charge on any atom is -0.370 e. The van der Waals surface area contributed by atoms with Crippen molar-refractivity contribution in [2.45, 2.75) is 31.1 Å². The van der Waals surface area contributed by atoms with Crippen LogP contribution in [0.4, 0.5) is 11.4 Å². The van der Waals surface area contributed by atoms with Crippen molar-refractivity contribution in [1.82, 2.24) is 5.32 Å². The average molecular weight is 460 g/mol. The van der Waals surface area contributed by atoms with Crippen LogP contribution in [0.25, 0.3) is 10.8 Å². The van der Waals surface area contributed by atoms with Crippen LogP contribution in [0.1, 0.15) is 31.7 Å². The molecule has 31 heavy (non-hydrogen) atoms. The zero-order valence-electron chi connectivity index (χ0n) is 18.0. The third-order valence-corrected chi connectivity index (χ3v) is 7.08. The molecule has 0 saturated carbocycles. The highest BCUT2D eigenvalue weighted by Gasteiger charge is 2.22. The minimum absolute atomic E-state index is 0. The van der Waals surface area contributed by atoms with Crippen LogP contribution in [0.15, 0.2) is 65.6 Å². The minimum atomic E-state index is -3.73. The summed E-state index contributed by atoms with van der Waals surface area (Å²) in [5.41, 5.74) is 2.72. The second kappa shape index (κ2) is 9.90. The fourth-order valence-electron chi connectivity index (χ4n) is 4.15. The molecule has 3 aromatic carbocycles. The van der Waals surface area contributed by atoms with Crippen LogP contribution >= 0.6 is 12.4 Å². The molecular weight excluding hydrogens is 430 g/mol. The Hall–Kier alpha value is -2.28. The van der Waals surface area contributed by atoms with E-state index in [1.165, 1.54) is 0 Å². The first-order valence-corrected chi connectivity index (χ1v) is 12.0. The van der Waals surface area contributed by atoms with Crippen molar-refractivity contribution in [2.24, 2.45) is 0 Å². The zero-order chi connectivity index (χ0) is 21.1. The Balaban J connectivity index is 0.00000272. The molecule has 1 saturated heterocycles. The number of anilines is 2. The molecule has 0 aliphatic carbocycles. The first-order valence-electron chi connectivity index (χ1n) is 10.6. The van der Waals surface area contributed by atoms with Crippen molar-refractivity contribution in [1.29, 1.82) is 0 Å². The SMILES string of the molecule is CC(C)c1ccccc1NS(=O)(=O)c1ccc(N2CCCNCC2)c2ccccc12.Cl. The van der Waals surface area contributed by atoms with Crippen LogP contribution < -0.4 is 14.9 Å². The summed E-state index contributed by atoms with van der Waals surface area (Å²) < 4.78 is 29.6. The highest BCUT2D eigenvalue weighted by molar-refractivity contribution is 7.93. The van der Waals surface area contributed by atoms with Gasteiger partial charge in [0.25, 0.3) is 10.0 Å². The van der Waals surface area contributed by atoms with Crippen LogP contribution in [0.5, 0.6) is 0 Å². The average Bonchev–Trinajstić information content (AvgIpc) is 3.02. The van der Waals surface area contributed by atoms with Crippen molar-refractivity contribution < 1.29 is 8.42 Å². The molecule has 3 aromatic rings. The fraction of sp³-hybridized carbons (Fsp3) is 0.333. The van der Waals surface area contributed by atoms with Crippen LogP contribution in [0.2, 0.25) is 0 Å². The maximum absolute atomic E-state index is 13.4. The molecule has 0 unspecified atom stereocenters. The highest BCUT2D eigenvalue weighted by Crippen LogP contribution is 2.34. The van der Waals surface area contributed by atoms with Crippen LogP contribution in [0.3, 0.4) is 0 Å². The van der Waals surface area contributed by atoms with Crippen LogP contribution in [-0.2, 0) is 10.0 Å². The number of sulfonamides is 1. The molecule has 4 rings (SSSR count). The third-order valence-electron chi connectivity index (χ3n) is 5.66. The van der Waals surface area contributed by atoms with Crippen molar-refractivity contribution in [2.75, 3.05) is 35.8 Å². The van der Waals surface area contributed by atoms with E-state index in [0.29, 0.717) is 10.6 Å². The van der Waals surface area contributed by atoms with Gasteiger partial charge in [0.05, 0.1) is 10.6 Å². The van der Waals surface area contributed by atoms with Gasteiger partial charge in [-0.25, -0.2) is 8.42 Å². The molecule has 0 radical (unpaired) electrons. The second-order valence-corrected chi connectivity index (χ2v) is 9.72. The number of rotatable bonds is 5. The van der Waals surface area contributed by atoms with Gasteiger partial charge >= 0.3 is 0 Å². The molecule has 1 heterocycles. The molecule has 0 bridgehead atoms. The number of para-hydroxylation sites is 1. The smallest absolute Gasteiger partial charge is 0.262 e. The number of benzene rings is 3. The largest absolute Gasteiger partial charge is 0.370 e. The van der Waals surface area contributed by atoms with E-state index in [2.05, 4.69) is 28.8 Å². The Kier molecular flexibility index (Phi) is 7.46. The highest BCUT2D eigenvalue weighted by atomic mass is 35.5. The van der Waals surface area contributed by atoms with E-state index in [4.69, 9.17) is 0 Å². The summed E-state index contributed by atoms with van der Waals surface area (Å²) in [6.45, 7) is 7.95. The molecule has 1 fully saturated rings. The summed E-state index contributed by atoms with van der Waals surface area (Å²) in [7, 11) is -3.73. The van der Waals surface area contributed by atoms with Gasteiger partial charge in [-0.15, -0.1) is 12.4 Å². The van der Waals surface area contributed by atoms with Crippen molar-refractivity contribution >= 4 is 44.6 Å². The molecule has 0 aromatic heterocycles. The van der Waals surface area contributed by atoms with E-state index in [-0.39, 0.29) is 18.3 Å². The van der Waals surface area contributed by atoms with E-state index >= 15 is 0 Å². The van der Waals surface area contributed by atoms with E-state index in [1.54, 1.807) is 6.07 Å². The molecular formula is C24H30ClN3O2S.